The van der Waals surface area contributed by atoms with Crippen LogP contribution in [0.3, 0.4) is 0 Å². The summed E-state index contributed by atoms with van der Waals surface area (Å²) in [4.78, 5) is 21.2. The highest BCUT2D eigenvalue weighted by Gasteiger charge is 2.12. The summed E-state index contributed by atoms with van der Waals surface area (Å²) >= 11 is 0. The van der Waals surface area contributed by atoms with Crippen LogP contribution in [-0.2, 0) is 0 Å². The van der Waals surface area contributed by atoms with Gasteiger partial charge in [-0.15, -0.1) is 0 Å². The van der Waals surface area contributed by atoms with Gasteiger partial charge in [0, 0.05) is 0 Å². The second-order valence-electron chi connectivity index (χ2n) is 2.72. The monoisotopic (exact) mass is 175 g/mol. The van der Waals surface area contributed by atoms with Gasteiger partial charge < -0.3 is 10.1 Å². The molecule has 64 valence electrons. The van der Waals surface area contributed by atoms with Gasteiger partial charge in [0.15, 0.2) is 5.69 Å². The van der Waals surface area contributed by atoms with Crippen molar-refractivity contribution in [3.05, 3.63) is 18.2 Å². The zero-order chi connectivity index (χ0) is 9.42. The van der Waals surface area contributed by atoms with Crippen molar-refractivity contribution in [2.24, 2.45) is 0 Å². The van der Waals surface area contributed by atoms with Gasteiger partial charge in [-0.25, -0.2) is 14.8 Å². The second kappa shape index (κ2) is 2.58. The van der Waals surface area contributed by atoms with Crippen LogP contribution in [0.25, 0.3) is 11.0 Å². The molecule has 0 saturated heterocycles. The number of nitrogens with one attached hydrogen (secondary N) is 1. The van der Waals surface area contributed by atoms with E-state index in [1.54, 1.807) is 6.20 Å². The molecule has 6 heteroatoms. The number of aromatic nitrogens is 3. The number of carboxylic acids is 1. The van der Waals surface area contributed by atoms with E-state index in [1.165, 1.54) is 6.33 Å². The molecular formula is C7H6BN3O2. The summed E-state index contributed by atoms with van der Waals surface area (Å²) in [5.74, 6) is -1.05. The third-order valence-corrected chi connectivity index (χ3v) is 1.86. The van der Waals surface area contributed by atoms with E-state index >= 15 is 0 Å². The van der Waals surface area contributed by atoms with Crippen molar-refractivity contribution in [2.45, 2.75) is 0 Å². The molecule has 2 heterocycles. The lowest BCUT2D eigenvalue weighted by Gasteiger charge is -1.94. The van der Waals surface area contributed by atoms with Gasteiger partial charge in [0.1, 0.15) is 14.2 Å². The highest BCUT2D eigenvalue weighted by atomic mass is 16.4. The number of nitrogens with zero attached hydrogens (tertiary/aromatic N) is 2. The van der Waals surface area contributed by atoms with Crippen LogP contribution < -0.4 is 5.46 Å². The van der Waals surface area contributed by atoms with Gasteiger partial charge in [-0.3, -0.25) is 0 Å². The van der Waals surface area contributed by atoms with Crippen molar-refractivity contribution < 1.29 is 9.90 Å². The fourth-order valence-electron chi connectivity index (χ4n) is 1.23. The Morgan fingerprint density at radius 2 is 2.31 bits per heavy atom. The molecule has 0 atom stereocenters. The number of rotatable bonds is 1. The number of carbonyl (C=O) groups is 1. The van der Waals surface area contributed by atoms with Crippen LogP contribution in [-0.4, -0.2) is 33.9 Å². The number of hydrogen-bond donors (Lipinski definition) is 2. The standard InChI is InChI=1S/C7H6BN3O2/c8-3-1-9-5-4(3)10-2-11-6(5)7(12)13/h1-2,9H,8H2,(H,12,13). The minimum atomic E-state index is -1.05. The number of H-pyrrole nitrogens is 1. The van der Waals surface area contributed by atoms with Crippen LogP contribution in [0.5, 0.6) is 0 Å². The Labute approximate surface area is 74.2 Å². The van der Waals surface area contributed by atoms with Gasteiger partial charge in [-0.05, 0) is 11.7 Å². The van der Waals surface area contributed by atoms with Crippen LogP contribution in [0.15, 0.2) is 12.5 Å². The summed E-state index contributed by atoms with van der Waals surface area (Å²) in [6.45, 7) is 0. The van der Waals surface area contributed by atoms with Crippen LogP contribution in [0, 0.1) is 0 Å². The molecule has 0 aliphatic rings. The molecule has 5 nitrogen and oxygen atoms in total. The third kappa shape index (κ3) is 1.07. The maximum atomic E-state index is 10.7. The number of fused-ring (bicyclic) bond motifs is 1. The first kappa shape index (κ1) is 7.79. The average Bonchev–Trinajstić information content (AvgIpc) is 2.48. The van der Waals surface area contributed by atoms with Crippen molar-refractivity contribution in [1.82, 2.24) is 15.0 Å². The highest BCUT2D eigenvalue weighted by Crippen LogP contribution is 2.09. The Hall–Kier alpha value is -1.85. The van der Waals surface area contributed by atoms with Crippen molar-refractivity contribution in [1.29, 1.82) is 0 Å². The van der Waals surface area contributed by atoms with E-state index in [-0.39, 0.29) is 5.69 Å². The molecule has 0 spiro atoms. The second-order valence-corrected chi connectivity index (χ2v) is 2.72. The van der Waals surface area contributed by atoms with Gasteiger partial charge in [0.2, 0.25) is 0 Å². The summed E-state index contributed by atoms with van der Waals surface area (Å²) in [5.41, 5.74) is 2.07. The van der Waals surface area contributed by atoms with Crippen molar-refractivity contribution in [2.75, 3.05) is 0 Å². The maximum absolute atomic E-state index is 10.7. The van der Waals surface area contributed by atoms with Crippen molar-refractivity contribution in [3.8, 4) is 0 Å². The lowest BCUT2D eigenvalue weighted by Crippen LogP contribution is -2.04. The highest BCUT2D eigenvalue weighted by molar-refractivity contribution is 6.38. The number of aromatic carboxylic acids is 1. The van der Waals surface area contributed by atoms with Gasteiger partial charge in [-0.2, -0.15) is 0 Å². The van der Waals surface area contributed by atoms with Crippen molar-refractivity contribution in [3.63, 3.8) is 0 Å². The predicted octanol–water partition coefficient (Wildman–Crippen LogP) is -1.09. The topological polar surface area (TPSA) is 78.9 Å². The SMILES string of the molecule is Bc1c[nH]c2c(C(=O)O)ncnc12. The molecular weight excluding hydrogens is 169 g/mol. The maximum Gasteiger partial charge on any atom is 0.356 e. The summed E-state index contributed by atoms with van der Waals surface area (Å²) in [6.07, 6.45) is 2.97. The molecule has 0 aliphatic heterocycles. The lowest BCUT2D eigenvalue weighted by molar-refractivity contribution is 0.0692. The Morgan fingerprint density at radius 1 is 1.54 bits per heavy atom. The Bertz CT molecular complexity index is 480. The zero-order valence-corrected chi connectivity index (χ0v) is 6.90. The molecule has 0 aromatic carbocycles. The summed E-state index contributed by atoms with van der Waals surface area (Å²) in [7, 11) is 1.86. The minimum absolute atomic E-state index is 0.0121. The molecule has 2 N–H and O–H groups in total. The van der Waals surface area contributed by atoms with Gasteiger partial charge in [0.25, 0.3) is 0 Å². The van der Waals surface area contributed by atoms with E-state index < -0.39 is 5.97 Å². The van der Waals surface area contributed by atoms with E-state index in [2.05, 4.69) is 15.0 Å². The first-order chi connectivity index (χ1) is 6.20. The van der Waals surface area contributed by atoms with E-state index in [1.807, 2.05) is 7.85 Å². The van der Waals surface area contributed by atoms with Gasteiger partial charge >= 0.3 is 5.97 Å². The van der Waals surface area contributed by atoms with E-state index in [4.69, 9.17) is 5.11 Å². The normalized spacial score (nSPS) is 10.5. The zero-order valence-electron chi connectivity index (χ0n) is 6.90. The average molecular weight is 175 g/mol. The van der Waals surface area contributed by atoms with E-state index in [0.29, 0.717) is 11.0 Å². The molecule has 0 radical (unpaired) electrons. The fraction of sp³-hybridized carbons (Fsp3) is 0. The van der Waals surface area contributed by atoms with Gasteiger partial charge in [-0.1, -0.05) is 0 Å². The third-order valence-electron chi connectivity index (χ3n) is 1.86. The first-order valence-corrected chi connectivity index (χ1v) is 3.72. The van der Waals surface area contributed by atoms with E-state index in [0.717, 1.165) is 5.46 Å². The number of aromatic amines is 1. The molecule has 13 heavy (non-hydrogen) atoms. The van der Waals surface area contributed by atoms with Crippen LogP contribution in [0.2, 0.25) is 0 Å². The number of carboxylic acid groups (broad SMARTS) is 1. The van der Waals surface area contributed by atoms with Crippen molar-refractivity contribution >= 4 is 30.3 Å². The fourth-order valence-corrected chi connectivity index (χ4v) is 1.23. The summed E-state index contributed by atoms with van der Waals surface area (Å²) in [5, 5.41) is 8.78. The lowest BCUT2D eigenvalue weighted by atomic mass is 9.99. The molecule has 2 aromatic rings. The smallest absolute Gasteiger partial charge is 0.356 e. The predicted molar refractivity (Wildman–Crippen MR) is 49.0 cm³/mol. The quantitative estimate of drug-likeness (QED) is 0.540. The minimum Gasteiger partial charge on any atom is -0.476 e. The molecule has 0 saturated carbocycles. The molecule has 0 aliphatic carbocycles. The molecule has 0 amide bonds. The van der Waals surface area contributed by atoms with E-state index in [9.17, 15) is 4.79 Å². The van der Waals surface area contributed by atoms with Gasteiger partial charge in [0.05, 0.1) is 11.0 Å². The summed E-state index contributed by atoms with van der Waals surface area (Å²) in [6, 6.07) is 0. The Kier molecular flexibility index (Phi) is 1.55. The van der Waals surface area contributed by atoms with Crippen LogP contribution >= 0.6 is 0 Å². The molecule has 0 fully saturated rings. The Morgan fingerprint density at radius 3 is 3.00 bits per heavy atom. The number of hydrogen-bond acceptors (Lipinski definition) is 3. The first-order valence-electron chi connectivity index (χ1n) is 3.72. The molecule has 0 unspecified atom stereocenters. The Balaban J connectivity index is 2.84. The molecule has 2 rings (SSSR count). The van der Waals surface area contributed by atoms with Crippen LogP contribution in [0.1, 0.15) is 10.5 Å². The molecule has 0 bridgehead atoms. The van der Waals surface area contributed by atoms with Crippen LogP contribution in [0.4, 0.5) is 0 Å². The molecule has 2 aromatic heterocycles. The summed E-state index contributed by atoms with van der Waals surface area (Å²) < 4.78 is 0. The largest absolute Gasteiger partial charge is 0.476 e.